The van der Waals surface area contributed by atoms with Crippen LogP contribution in [0.3, 0.4) is 0 Å². The maximum absolute atomic E-state index is 11.9. The molecule has 1 aliphatic heterocycles. The Morgan fingerprint density at radius 1 is 1.19 bits per heavy atom. The highest BCUT2D eigenvalue weighted by atomic mass is 35.5. The third-order valence-electron chi connectivity index (χ3n) is 9.63. The van der Waals surface area contributed by atoms with E-state index in [1.807, 2.05) is 24.3 Å². The molecule has 3 aliphatic carbocycles. The van der Waals surface area contributed by atoms with Crippen molar-refractivity contribution in [2.75, 3.05) is 6.61 Å². The molecule has 8 atom stereocenters. The van der Waals surface area contributed by atoms with Crippen LogP contribution >= 0.6 is 11.6 Å². The van der Waals surface area contributed by atoms with E-state index in [0.29, 0.717) is 17.3 Å². The van der Waals surface area contributed by atoms with Gasteiger partial charge in [-0.15, -0.1) is 0 Å². The summed E-state index contributed by atoms with van der Waals surface area (Å²) in [4.78, 5) is 11.9. The molecule has 4 heteroatoms. The van der Waals surface area contributed by atoms with Crippen LogP contribution in [0.4, 0.5) is 0 Å². The highest BCUT2D eigenvalue weighted by Gasteiger charge is 2.61. The van der Waals surface area contributed by atoms with Crippen molar-refractivity contribution in [1.82, 2.24) is 0 Å². The fourth-order valence-corrected chi connectivity index (χ4v) is 8.17. The van der Waals surface area contributed by atoms with Gasteiger partial charge in [-0.3, -0.25) is 0 Å². The SMILES string of the molecule is C[C@H]1C[C@H]2OC(=O)C=C[C@]2(C)[C@H]2CC[C@]3(C)[C@@H](CCOc4cccc(Cl)c4)CC[C@H]3[C@H]12. The Morgan fingerprint density at radius 2 is 2.03 bits per heavy atom. The lowest BCUT2D eigenvalue weighted by Gasteiger charge is -2.60. The number of esters is 1. The van der Waals surface area contributed by atoms with E-state index in [1.165, 1.54) is 25.7 Å². The van der Waals surface area contributed by atoms with Crippen LogP contribution in [0.25, 0.3) is 0 Å². The number of rotatable bonds is 4. The van der Waals surface area contributed by atoms with Crippen LogP contribution in [0.5, 0.6) is 5.75 Å². The molecule has 0 bridgehead atoms. The van der Waals surface area contributed by atoms with Crippen molar-refractivity contribution in [3.05, 3.63) is 41.4 Å². The summed E-state index contributed by atoms with van der Waals surface area (Å²) in [6, 6.07) is 7.72. The normalized spacial score (nSPS) is 43.5. The van der Waals surface area contributed by atoms with Crippen LogP contribution in [0.15, 0.2) is 36.4 Å². The molecule has 0 unspecified atom stereocenters. The van der Waals surface area contributed by atoms with Crippen LogP contribution < -0.4 is 4.74 Å². The van der Waals surface area contributed by atoms with Crippen LogP contribution in [0, 0.1) is 40.4 Å². The average Bonchev–Trinajstić information content (AvgIpc) is 3.06. The first-order chi connectivity index (χ1) is 14.8. The number of carbonyl (C=O) groups excluding carboxylic acids is 1. The molecule has 4 aliphatic rings. The molecule has 0 amide bonds. The topological polar surface area (TPSA) is 35.5 Å². The summed E-state index contributed by atoms with van der Waals surface area (Å²) in [6.45, 7) is 8.07. The molecule has 0 saturated heterocycles. The number of fused-ring (bicyclic) bond motifs is 5. The minimum Gasteiger partial charge on any atom is -0.494 e. The first kappa shape index (κ1) is 21.4. The van der Waals surface area contributed by atoms with Crippen LogP contribution in [0.2, 0.25) is 5.02 Å². The Hall–Kier alpha value is -1.48. The second kappa shape index (κ2) is 7.83. The molecule has 1 heterocycles. The van der Waals surface area contributed by atoms with Gasteiger partial charge in [0.1, 0.15) is 11.9 Å². The lowest BCUT2D eigenvalue weighted by molar-refractivity contribution is -0.175. The Labute approximate surface area is 191 Å². The fraction of sp³-hybridized carbons (Fsp3) is 0.667. The maximum Gasteiger partial charge on any atom is 0.330 e. The van der Waals surface area contributed by atoms with Crippen molar-refractivity contribution >= 4 is 17.6 Å². The highest BCUT2D eigenvalue weighted by molar-refractivity contribution is 6.30. The van der Waals surface area contributed by atoms with E-state index in [1.54, 1.807) is 6.08 Å². The molecule has 5 rings (SSSR count). The molecule has 0 radical (unpaired) electrons. The fourth-order valence-electron chi connectivity index (χ4n) is 7.99. The molecule has 0 spiro atoms. The third-order valence-corrected chi connectivity index (χ3v) is 9.87. The summed E-state index contributed by atoms with van der Waals surface area (Å²) in [7, 11) is 0. The quantitative estimate of drug-likeness (QED) is 0.487. The minimum atomic E-state index is -0.158. The van der Waals surface area contributed by atoms with Gasteiger partial charge >= 0.3 is 5.97 Å². The second-order valence-corrected chi connectivity index (χ2v) is 11.5. The van der Waals surface area contributed by atoms with Crippen LogP contribution in [-0.4, -0.2) is 18.7 Å². The molecule has 168 valence electrons. The zero-order valence-electron chi connectivity index (χ0n) is 19.0. The Bertz CT molecular complexity index is 881. The van der Waals surface area contributed by atoms with Crippen molar-refractivity contribution in [3.8, 4) is 5.75 Å². The molecule has 31 heavy (non-hydrogen) atoms. The lowest BCUT2D eigenvalue weighted by Crippen LogP contribution is -2.57. The number of hydrogen-bond donors (Lipinski definition) is 0. The monoisotopic (exact) mass is 442 g/mol. The first-order valence-corrected chi connectivity index (χ1v) is 12.5. The third kappa shape index (κ3) is 3.52. The van der Waals surface area contributed by atoms with Gasteiger partial charge in [-0.1, -0.05) is 44.5 Å². The summed E-state index contributed by atoms with van der Waals surface area (Å²) in [5.41, 5.74) is 0.394. The molecule has 3 nitrogen and oxygen atoms in total. The number of hydrogen-bond acceptors (Lipinski definition) is 3. The number of benzene rings is 1. The summed E-state index contributed by atoms with van der Waals surface area (Å²) in [6.07, 6.45) is 11.2. The lowest BCUT2D eigenvalue weighted by atomic mass is 9.46. The zero-order valence-corrected chi connectivity index (χ0v) is 19.7. The van der Waals surface area contributed by atoms with Gasteiger partial charge in [0.05, 0.1) is 6.61 Å². The average molecular weight is 443 g/mol. The van der Waals surface area contributed by atoms with Crippen molar-refractivity contribution in [3.63, 3.8) is 0 Å². The van der Waals surface area contributed by atoms with Crippen LogP contribution in [-0.2, 0) is 9.53 Å². The molecule has 0 N–H and O–H groups in total. The summed E-state index contributed by atoms with van der Waals surface area (Å²) < 4.78 is 11.9. The van der Waals surface area contributed by atoms with Gasteiger partial charge in [-0.2, -0.15) is 0 Å². The van der Waals surface area contributed by atoms with E-state index < -0.39 is 0 Å². The first-order valence-electron chi connectivity index (χ1n) is 12.1. The second-order valence-electron chi connectivity index (χ2n) is 11.0. The molecule has 3 fully saturated rings. The van der Waals surface area contributed by atoms with Crippen molar-refractivity contribution in [2.24, 2.45) is 40.4 Å². The zero-order chi connectivity index (χ0) is 21.8. The van der Waals surface area contributed by atoms with E-state index in [0.717, 1.165) is 48.0 Å². The van der Waals surface area contributed by atoms with Gasteiger partial charge in [0, 0.05) is 16.5 Å². The van der Waals surface area contributed by atoms with Gasteiger partial charge in [-0.05, 0) is 91.7 Å². The standard InChI is InChI=1S/C27H35ClO3/c1-17-15-23-27(3,13-10-24(29)31-23)22-9-12-26(2)18(7-8-21(26)25(17)22)11-14-30-20-6-4-5-19(28)16-20/h4-6,10,13,16-18,21-23,25H,7-9,11-12,14-15H2,1-3H3/t17-,18+,21-,22-,23+,25-,26+,27+/m0/s1. The largest absolute Gasteiger partial charge is 0.494 e. The Kier molecular flexibility index (Phi) is 5.40. The van der Waals surface area contributed by atoms with Gasteiger partial charge in [0.2, 0.25) is 0 Å². The minimum absolute atomic E-state index is 0.000190. The number of ether oxygens (including phenoxy) is 2. The van der Waals surface area contributed by atoms with Crippen LogP contribution in [0.1, 0.15) is 59.3 Å². The summed E-state index contributed by atoms with van der Waals surface area (Å²) in [5.74, 6) is 4.14. The molecule has 1 aromatic carbocycles. The van der Waals surface area contributed by atoms with Crippen molar-refractivity contribution < 1.29 is 14.3 Å². The molecular weight excluding hydrogens is 408 g/mol. The van der Waals surface area contributed by atoms with E-state index in [2.05, 4.69) is 26.8 Å². The van der Waals surface area contributed by atoms with E-state index in [-0.39, 0.29) is 17.5 Å². The van der Waals surface area contributed by atoms with E-state index >= 15 is 0 Å². The molecule has 0 aromatic heterocycles. The van der Waals surface area contributed by atoms with Crippen molar-refractivity contribution in [2.45, 2.75) is 65.4 Å². The van der Waals surface area contributed by atoms with Gasteiger partial charge in [-0.25, -0.2) is 4.79 Å². The Balaban J connectivity index is 1.30. The predicted octanol–water partition coefficient (Wildman–Crippen LogP) is 6.70. The highest BCUT2D eigenvalue weighted by Crippen LogP contribution is 2.66. The van der Waals surface area contributed by atoms with Gasteiger partial charge in [0.25, 0.3) is 0 Å². The smallest absolute Gasteiger partial charge is 0.330 e. The number of carbonyl (C=O) groups is 1. The van der Waals surface area contributed by atoms with Gasteiger partial charge < -0.3 is 9.47 Å². The van der Waals surface area contributed by atoms with Gasteiger partial charge in [0.15, 0.2) is 0 Å². The molecule has 3 saturated carbocycles. The summed E-state index contributed by atoms with van der Waals surface area (Å²) in [5, 5.41) is 0.726. The molecular formula is C27H35ClO3. The van der Waals surface area contributed by atoms with E-state index in [4.69, 9.17) is 21.1 Å². The maximum atomic E-state index is 11.9. The molecule has 1 aromatic rings. The number of halogens is 1. The van der Waals surface area contributed by atoms with Crippen molar-refractivity contribution in [1.29, 1.82) is 0 Å². The Morgan fingerprint density at radius 3 is 2.84 bits per heavy atom. The predicted molar refractivity (Wildman–Crippen MR) is 123 cm³/mol. The summed E-state index contributed by atoms with van der Waals surface area (Å²) >= 11 is 6.10. The van der Waals surface area contributed by atoms with E-state index in [9.17, 15) is 4.79 Å².